The largest absolute Gasteiger partial charge is 0.356 e. The third kappa shape index (κ3) is 8.68. The van der Waals surface area contributed by atoms with E-state index in [0.717, 1.165) is 37.9 Å². The predicted molar refractivity (Wildman–Crippen MR) is 85.2 cm³/mol. The van der Waals surface area contributed by atoms with Crippen LogP contribution in [-0.2, 0) is 4.79 Å². The molecule has 0 aromatic heterocycles. The fraction of sp³-hybridized carbons (Fsp3) is 0.500. The summed E-state index contributed by atoms with van der Waals surface area (Å²) in [4.78, 5) is 23.0. The van der Waals surface area contributed by atoms with Gasteiger partial charge in [0.15, 0.2) is 0 Å². The lowest BCUT2D eigenvalue weighted by Gasteiger charge is -2.07. The van der Waals surface area contributed by atoms with Crippen LogP contribution in [0.25, 0.3) is 0 Å². The monoisotopic (exact) mass is 291 g/mol. The van der Waals surface area contributed by atoms with Crippen molar-refractivity contribution >= 4 is 17.6 Å². The number of hydrogen-bond acceptors (Lipinski definition) is 2. The molecule has 5 nitrogen and oxygen atoms in total. The van der Waals surface area contributed by atoms with Gasteiger partial charge in [-0.2, -0.15) is 0 Å². The van der Waals surface area contributed by atoms with Gasteiger partial charge < -0.3 is 16.0 Å². The summed E-state index contributed by atoms with van der Waals surface area (Å²) in [5, 5.41) is 8.40. The highest BCUT2D eigenvalue weighted by atomic mass is 16.2. The van der Waals surface area contributed by atoms with E-state index in [1.807, 2.05) is 30.3 Å². The lowest BCUT2D eigenvalue weighted by molar-refractivity contribution is -0.121. The number of carbonyl (C=O) groups excluding carboxylic acids is 2. The summed E-state index contributed by atoms with van der Waals surface area (Å²) in [6.45, 7) is 3.42. The molecule has 116 valence electrons. The maximum absolute atomic E-state index is 11.6. The van der Waals surface area contributed by atoms with Crippen LogP contribution in [0, 0.1) is 0 Å². The molecule has 0 bridgehead atoms. The number of para-hydroxylation sites is 1. The Bertz CT molecular complexity index is 421. The molecule has 0 heterocycles. The van der Waals surface area contributed by atoms with Gasteiger partial charge in [-0.15, -0.1) is 0 Å². The topological polar surface area (TPSA) is 70.2 Å². The molecule has 3 amide bonds. The molecule has 1 rings (SSSR count). The number of hydrogen-bond donors (Lipinski definition) is 3. The molecule has 0 unspecified atom stereocenters. The van der Waals surface area contributed by atoms with Gasteiger partial charge in [0.25, 0.3) is 0 Å². The number of amides is 3. The predicted octanol–water partition coefficient (Wildman–Crippen LogP) is 2.89. The van der Waals surface area contributed by atoms with Gasteiger partial charge >= 0.3 is 6.03 Å². The standard InChI is InChI=1S/C16H25N3O2/c1-2-3-12-17-15(20)11-7-8-13-18-16(21)19-14-9-5-4-6-10-14/h4-6,9-10H,2-3,7-8,11-13H2,1H3,(H,17,20)(H2,18,19,21). The van der Waals surface area contributed by atoms with Gasteiger partial charge in [-0.05, 0) is 31.4 Å². The number of benzene rings is 1. The summed E-state index contributed by atoms with van der Waals surface area (Å²) in [5.74, 6) is 0.0946. The van der Waals surface area contributed by atoms with Crippen LogP contribution in [0.5, 0.6) is 0 Å². The normalized spacial score (nSPS) is 9.95. The number of rotatable bonds is 9. The summed E-state index contributed by atoms with van der Waals surface area (Å²) in [6.07, 6.45) is 4.20. The molecule has 0 aliphatic carbocycles. The second kappa shape index (κ2) is 10.7. The number of anilines is 1. The van der Waals surface area contributed by atoms with E-state index < -0.39 is 0 Å². The molecule has 5 heteroatoms. The molecule has 0 spiro atoms. The van der Waals surface area contributed by atoms with Crippen LogP contribution in [0.1, 0.15) is 39.0 Å². The fourth-order valence-corrected chi connectivity index (χ4v) is 1.80. The highest BCUT2D eigenvalue weighted by Gasteiger charge is 2.02. The lowest BCUT2D eigenvalue weighted by atomic mass is 10.2. The first-order chi connectivity index (χ1) is 10.2. The minimum absolute atomic E-state index is 0.0946. The number of nitrogens with one attached hydrogen (secondary N) is 3. The zero-order chi connectivity index (χ0) is 15.3. The lowest BCUT2D eigenvalue weighted by Crippen LogP contribution is -2.29. The average Bonchev–Trinajstić information content (AvgIpc) is 2.48. The van der Waals surface area contributed by atoms with Gasteiger partial charge in [0.2, 0.25) is 5.91 Å². The maximum atomic E-state index is 11.6. The molecule has 0 aliphatic heterocycles. The van der Waals surface area contributed by atoms with Gasteiger partial charge in [0.05, 0.1) is 0 Å². The molecule has 1 aromatic carbocycles. The molecule has 0 saturated heterocycles. The summed E-state index contributed by atoms with van der Waals surface area (Å²) < 4.78 is 0. The number of carbonyl (C=O) groups is 2. The SMILES string of the molecule is CCCCNC(=O)CCCCNC(=O)Nc1ccccc1. The molecular formula is C16H25N3O2. The van der Waals surface area contributed by atoms with Crippen molar-refractivity contribution in [2.45, 2.75) is 39.0 Å². The van der Waals surface area contributed by atoms with Crippen LogP contribution in [0.4, 0.5) is 10.5 Å². The Kier molecular flexibility index (Phi) is 8.68. The Hall–Kier alpha value is -2.04. The Morgan fingerprint density at radius 1 is 0.952 bits per heavy atom. The molecule has 3 N–H and O–H groups in total. The quantitative estimate of drug-likeness (QED) is 0.612. The smallest absolute Gasteiger partial charge is 0.319 e. The van der Waals surface area contributed by atoms with Gasteiger partial charge in [0.1, 0.15) is 0 Å². The first kappa shape index (κ1) is 17.0. The zero-order valence-electron chi connectivity index (χ0n) is 12.7. The van der Waals surface area contributed by atoms with Crippen LogP contribution in [-0.4, -0.2) is 25.0 Å². The van der Waals surface area contributed by atoms with E-state index in [1.54, 1.807) is 0 Å². The molecule has 1 aromatic rings. The summed E-state index contributed by atoms with van der Waals surface area (Å²) in [7, 11) is 0. The number of unbranched alkanes of at least 4 members (excludes halogenated alkanes) is 2. The van der Waals surface area contributed by atoms with Gasteiger partial charge in [-0.25, -0.2) is 4.79 Å². The summed E-state index contributed by atoms with van der Waals surface area (Å²) >= 11 is 0. The number of urea groups is 1. The van der Waals surface area contributed by atoms with Crippen molar-refractivity contribution in [3.8, 4) is 0 Å². The van der Waals surface area contributed by atoms with Crippen molar-refractivity contribution in [3.05, 3.63) is 30.3 Å². The van der Waals surface area contributed by atoms with Gasteiger partial charge in [-0.1, -0.05) is 31.5 Å². The van der Waals surface area contributed by atoms with Crippen LogP contribution in [0.3, 0.4) is 0 Å². The van der Waals surface area contributed by atoms with Crippen molar-refractivity contribution in [2.75, 3.05) is 18.4 Å². The van der Waals surface area contributed by atoms with Crippen molar-refractivity contribution < 1.29 is 9.59 Å². The molecule has 0 atom stereocenters. The summed E-state index contributed by atoms with van der Waals surface area (Å²) in [6, 6.07) is 9.09. The minimum Gasteiger partial charge on any atom is -0.356 e. The third-order valence-corrected chi connectivity index (χ3v) is 3.00. The van der Waals surface area contributed by atoms with E-state index in [4.69, 9.17) is 0 Å². The van der Waals surface area contributed by atoms with Crippen molar-refractivity contribution in [1.82, 2.24) is 10.6 Å². The van der Waals surface area contributed by atoms with Crippen LogP contribution in [0.2, 0.25) is 0 Å². The third-order valence-electron chi connectivity index (χ3n) is 3.00. The van der Waals surface area contributed by atoms with E-state index in [1.165, 1.54) is 0 Å². The summed E-state index contributed by atoms with van der Waals surface area (Å²) in [5.41, 5.74) is 0.769. The first-order valence-electron chi connectivity index (χ1n) is 7.59. The Labute approximate surface area is 126 Å². The highest BCUT2D eigenvalue weighted by Crippen LogP contribution is 2.04. The van der Waals surface area contributed by atoms with E-state index in [2.05, 4.69) is 22.9 Å². The molecule has 0 fully saturated rings. The van der Waals surface area contributed by atoms with Crippen molar-refractivity contribution in [2.24, 2.45) is 0 Å². The average molecular weight is 291 g/mol. The Morgan fingerprint density at radius 2 is 1.67 bits per heavy atom. The minimum atomic E-state index is -0.214. The van der Waals surface area contributed by atoms with Crippen molar-refractivity contribution in [3.63, 3.8) is 0 Å². The molecular weight excluding hydrogens is 266 g/mol. The Morgan fingerprint density at radius 3 is 2.38 bits per heavy atom. The molecule has 21 heavy (non-hydrogen) atoms. The second-order valence-electron chi connectivity index (χ2n) is 4.91. The van der Waals surface area contributed by atoms with E-state index in [-0.39, 0.29) is 11.9 Å². The van der Waals surface area contributed by atoms with E-state index in [0.29, 0.717) is 13.0 Å². The Balaban J connectivity index is 2.01. The van der Waals surface area contributed by atoms with Gasteiger partial charge in [-0.3, -0.25) is 4.79 Å². The highest BCUT2D eigenvalue weighted by molar-refractivity contribution is 5.89. The van der Waals surface area contributed by atoms with Crippen molar-refractivity contribution in [1.29, 1.82) is 0 Å². The van der Waals surface area contributed by atoms with E-state index >= 15 is 0 Å². The molecule has 0 aliphatic rings. The second-order valence-corrected chi connectivity index (χ2v) is 4.91. The molecule has 0 radical (unpaired) electrons. The van der Waals surface area contributed by atoms with Crippen LogP contribution >= 0.6 is 0 Å². The first-order valence-corrected chi connectivity index (χ1v) is 7.59. The zero-order valence-corrected chi connectivity index (χ0v) is 12.7. The maximum Gasteiger partial charge on any atom is 0.319 e. The van der Waals surface area contributed by atoms with Gasteiger partial charge in [0, 0.05) is 25.2 Å². The molecule has 0 saturated carbocycles. The van der Waals surface area contributed by atoms with Crippen LogP contribution in [0.15, 0.2) is 30.3 Å². The van der Waals surface area contributed by atoms with E-state index in [9.17, 15) is 9.59 Å². The van der Waals surface area contributed by atoms with Crippen LogP contribution < -0.4 is 16.0 Å². The fourth-order valence-electron chi connectivity index (χ4n) is 1.80.